The average molecular weight is 185 g/mol. The van der Waals surface area contributed by atoms with Crippen LogP contribution in [0, 0.1) is 0 Å². The highest BCUT2D eigenvalue weighted by molar-refractivity contribution is 6.78. The van der Waals surface area contributed by atoms with Crippen LogP contribution in [0.4, 0.5) is 0 Å². The molecule has 1 aliphatic rings. The Bertz CT molecular complexity index is 223. The van der Waals surface area contributed by atoms with E-state index in [-0.39, 0.29) is 5.97 Å². The van der Waals surface area contributed by atoms with Gasteiger partial charge >= 0.3 is 5.97 Å². The molecule has 0 aliphatic carbocycles. The lowest BCUT2D eigenvalue weighted by Gasteiger charge is -2.27. The Morgan fingerprint density at radius 1 is 1.67 bits per heavy atom. The van der Waals surface area contributed by atoms with Gasteiger partial charge < -0.3 is 10.1 Å². The van der Waals surface area contributed by atoms with Crippen LogP contribution in [0.2, 0.25) is 19.1 Å². The molecule has 0 fully saturated rings. The van der Waals surface area contributed by atoms with Gasteiger partial charge in [-0.1, -0.05) is 13.1 Å². The Kier molecular flexibility index (Phi) is 2.57. The van der Waals surface area contributed by atoms with Crippen LogP contribution in [0.25, 0.3) is 0 Å². The van der Waals surface area contributed by atoms with Crippen LogP contribution in [-0.4, -0.2) is 27.3 Å². The minimum absolute atomic E-state index is 0.192. The Morgan fingerprint density at radius 3 is 2.83 bits per heavy atom. The molecule has 0 spiro atoms. The second-order valence-corrected chi connectivity index (χ2v) is 8.92. The highest BCUT2D eigenvalue weighted by atomic mass is 28.3. The lowest BCUT2D eigenvalue weighted by Crippen LogP contribution is -2.42. The summed E-state index contributed by atoms with van der Waals surface area (Å²) in [6, 6.07) is 0.923. The number of nitrogens with one attached hydrogen (secondary N) is 1. The zero-order chi connectivity index (χ0) is 9.19. The molecular weight excluding hydrogens is 170 g/mol. The summed E-state index contributed by atoms with van der Waals surface area (Å²) in [5, 5.41) is 3.14. The number of methoxy groups -OCH3 is 1. The predicted molar refractivity (Wildman–Crippen MR) is 50.4 cm³/mol. The summed E-state index contributed by atoms with van der Waals surface area (Å²) in [4.78, 5) is 11.1. The third-order valence-corrected chi connectivity index (χ3v) is 4.47. The van der Waals surface area contributed by atoms with Crippen molar-refractivity contribution in [1.82, 2.24) is 5.32 Å². The Labute approximate surface area is 73.8 Å². The van der Waals surface area contributed by atoms with Crippen LogP contribution in [0.1, 0.15) is 0 Å². The minimum Gasteiger partial charge on any atom is -0.466 e. The molecule has 1 N–H and O–H groups in total. The fourth-order valence-electron chi connectivity index (χ4n) is 1.34. The summed E-state index contributed by atoms with van der Waals surface area (Å²) < 4.78 is 4.66. The summed E-state index contributed by atoms with van der Waals surface area (Å²) >= 11 is 0. The summed E-state index contributed by atoms with van der Waals surface area (Å²) in [7, 11) is 0.210. The Balaban J connectivity index is 2.68. The molecule has 0 radical (unpaired) electrons. The molecule has 3 nitrogen and oxygen atoms in total. The highest BCUT2D eigenvalue weighted by Crippen LogP contribution is 2.19. The van der Waals surface area contributed by atoms with E-state index in [1.54, 1.807) is 6.20 Å². The van der Waals surface area contributed by atoms with Gasteiger partial charge in [-0.05, 0) is 6.04 Å². The summed E-state index contributed by atoms with van der Waals surface area (Å²) in [5.41, 5.74) is 0.792. The number of carbonyl (C=O) groups excluding carboxylic acids is 1. The van der Waals surface area contributed by atoms with E-state index in [4.69, 9.17) is 0 Å². The van der Waals surface area contributed by atoms with E-state index in [0.717, 1.165) is 17.8 Å². The molecule has 0 aromatic carbocycles. The topological polar surface area (TPSA) is 38.3 Å². The van der Waals surface area contributed by atoms with Gasteiger partial charge in [0.05, 0.1) is 20.8 Å². The Morgan fingerprint density at radius 2 is 2.33 bits per heavy atom. The van der Waals surface area contributed by atoms with Crippen molar-refractivity contribution in [2.24, 2.45) is 0 Å². The van der Waals surface area contributed by atoms with Gasteiger partial charge in [0.1, 0.15) is 0 Å². The van der Waals surface area contributed by atoms with Crippen LogP contribution in [0.3, 0.4) is 0 Å². The fourth-order valence-corrected chi connectivity index (χ4v) is 3.40. The summed E-state index contributed by atoms with van der Waals surface area (Å²) in [5.74, 6) is -0.192. The smallest absolute Gasteiger partial charge is 0.334 e. The van der Waals surface area contributed by atoms with Gasteiger partial charge in [-0.3, -0.25) is 0 Å². The minimum atomic E-state index is -1.21. The normalized spacial score (nSPS) is 20.8. The van der Waals surface area contributed by atoms with Gasteiger partial charge in [0, 0.05) is 12.4 Å². The maximum Gasteiger partial charge on any atom is 0.334 e. The van der Waals surface area contributed by atoms with E-state index in [1.165, 1.54) is 7.11 Å². The third kappa shape index (κ3) is 2.10. The first kappa shape index (κ1) is 9.32. The molecule has 0 bridgehead atoms. The molecule has 0 saturated heterocycles. The van der Waals surface area contributed by atoms with Gasteiger partial charge in [0.2, 0.25) is 0 Å². The van der Waals surface area contributed by atoms with Crippen molar-refractivity contribution in [1.29, 1.82) is 0 Å². The van der Waals surface area contributed by atoms with Gasteiger partial charge in [-0.15, -0.1) is 0 Å². The van der Waals surface area contributed by atoms with Crippen molar-refractivity contribution >= 4 is 14.0 Å². The summed E-state index contributed by atoms with van der Waals surface area (Å²) in [6.07, 6.45) is 2.83. The van der Waals surface area contributed by atoms with Crippen LogP contribution in [-0.2, 0) is 9.53 Å². The monoisotopic (exact) mass is 185 g/mol. The first-order chi connectivity index (χ1) is 5.55. The number of hydrogen-bond donors (Lipinski definition) is 1. The average Bonchev–Trinajstić information content (AvgIpc) is 2.01. The molecule has 68 valence electrons. The van der Waals surface area contributed by atoms with Crippen LogP contribution >= 0.6 is 0 Å². The second kappa shape index (κ2) is 3.31. The van der Waals surface area contributed by atoms with E-state index in [9.17, 15) is 4.79 Å². The standard InChI is InChI=1S/C8H15NO2Si/c1-11-8(10)7-4-9-6-12(2,3)5-7/h4,9H,5-6H2,1-3H3. The largest absolute Gasteiger partial charge is 0.466 e. The van der Waals surface area contributed by atoms with Crippen molar-refractivity contribution < 1.29 is 9.53 Å². The molecule has 0 atom stereocenters. The van der Waals surface area contributed by atoms with Crippen molar-refractivity contribution in [2.45, 2.75) is 19.1 Å². The quantitative estimate of drug-likeness (QED) is 0.487. The van der Waals surface area contributed by atoms with Crippen molar-refractivity contribution in [3.63, 3.8) is 0 Å². The number of hydrogen-bond acceptors (Lipinski definition) is 3. The van der Waals surface area contributed by atoms with Gasteiger partial charge in [-0.2, -0.15) is 0 Å². The van der Waals surface area contributed by atoms with Gasteiger partial charge in [-0.25, -0.2) is 4.79 Å². The maximum atomic E-state index is 11.1. The van der Waals surface area contributed by atoms with E-state index in [2.05, 4.69) is 23.1 Å². The van der Waals surface area contributed by atoms with Crippen LogP contribution in [0.5, 0.6) is 0 Å². The molecule has 0 aromatic rings. The first-order valence-corrected chi connectivity index (χ1v) is 7.47. The number of rotatable bonds is 1. The zero-order valence-corrected chi connectivity index (χ0v) is 8.81. The molecule has 0 amide bonds. The van der Waals surface area contributed by atoms with Gasteiger partial charge in [0.15, 0.2) is 0 Å². The maximum absolute atomic E-state index is 11.1. The molecular formula is C8H15NO2Si. The van der Waals surface area contributed by atoms with Gasteiger partial charge in [0.25, 0.3) is 0 Å². The van der Waals surface area contributed by atoms with E-state index < -0.39 is 8.07 Å². The predicted octanol–water partition coefficient (Wildman–Crippen LogP) is 0.894. The highest BCUT2D eigenvalue weighted by Gasteiger charge is 2.28. The second-order valence-electron chi connectivity index (χ2n) is 3.88. The molecule has 0 aromatic heterocycles. The first-order valence-electron chi connectivity index (χ1n) is 4.06. The fraction of sp³-hybridized carbons (Fsp3) is 0.625. The zero-order valence-electron chi connectivity index (χ0n) is 7.81. The van der Waals surface area contributed by atoms with Crippen LogP contribution < -0.4 is 5.32 Å². The van der Waals surface area contributed by atoms with Crippen LogP contribution in [0.15, 0.2) is 11.8 Å². The van der Waals surface area contributed by atoms with E-state index in [1.807, 2.05) is 0 Å². The molecule has 4 heteroatoms. The third-order valence-electron chi connectivity index (χ3n) is 1.97. The molecule has 1 rings (SSSR count). The SMILES string of the molecule is COC(=O)C1=CNC[Si](C)(C)C1. The van der Waals surface area contributed by atoms with E-state index >= 15 is 0 Å². The molecule has 1 aliphatic heterocycles. The lowest BCUT2D eigenvalue weighted by molar-refractivity contribution is -0.136. The number of ether oxygens (including phenoxy) is 1. The molecule has 1 heterocycles. The number of esters is 1. The number of carbonyl (C=O) groups is 1. The molecule has 12 heavy (non-hydrogen) atoms. The van der Waals surface area contributed by atoms with Crippen molar-refractivity contribution in [3.05, 3.63) is 11.8 Å². The lowest BCUT2D eigenvalue weighted by atomic mass is 10.3. The van der Waals surface area contributed by atoms with Crippen molar-refractivity contribution in [2.75, 3.05) is 13.3 Å². The molecule has 0 saturated carbocycles. The summed E-state index contributed by atoms with van der Waals surface area (Å²) in [6.45, 7) is 4.52. The Hall–Kier alpha value is -0.773. The molecule has 0 unspecified atom stereocenters. The van der Waals surface area contributed by atoms with E-state index in [0.29, 0.717) is 0 Å². The van der Waals surface area contributed by atoms with Crippen molar-refractivity contribution in [3.8, 4) is 0 Å².